The van der Waals surface area contributed by atoms with Crippen molar-refractivity contribution in [2.24, 2.45) is 0 Å². The van der Waals surface area contributed by atoms with Crippen molar-refractivity contribution < 1.29 is 0 Å². The Balaban J connectivity index is 1.08. The Hall–Kier alpha value is -7.42. The second-order valence-corrected chi connectivity index (χ2v) is 14.6. The minimum absolute atomic E-state index is 1.14. The lowest BCUT2D eigenvalue weighted by Crippen LogP contribution is -1.95. The van der Waals surface area contributed by atoms with E-state index in [1.807, 2.05) is 0 Å². The first-order valence-corrected chi connectivity index (χ1v) is 19.3. The molecule has 0 aliphatic rings. The van der Waals surface area contributed by atoms with E-state index >= 15 is 0 Å². The van der Waals surface area contributed by atoms with E-state index < -0.39 is 0 Å². The summed E-state index contributed by atoms with van der Waals surface area (Å²) in [5.74, 6) is 0. The molecule has 0 aliphatic heterocycles. The summed E-state index contributed by atoms with van der Waals surface area (Å²) < 4.78 is 4.83. The Morgan fingerprint density at radius 2 is 0.607 bits per heavy atom. The first kappa shape index (κ1) is 32.0. The first-order chi connectivity index (χ1) is 27.8. The predicted octanol–water partition coefficient (Wildman–Crippen LogP) is 14.5. The van der Waals surface area contributed by atoms with E-state index in [2.05, 4.69) is 228 Å². The Bertz CT molecular complexity index is 3220. The highest BCUT2D eigenvalue weighted by Gasteiger charge is 2.17. The fourth-order valence-electron chi connectivity index (χ4n) is 8.63. The van der Waals surface area contributed by atoms with E-state index in [-0.39, 0.29) is 0 Å². The smallest absolute Gasteiger partial charge is 0.0547 e. The van der Waals surface area contributed by atoms with Crippen LogP contribution in [-0.2, 0) is 0 Å². The average molecular weight is 713 g/mol. The fourth-order valence-corrected chi connectivity index (χ4v) is 8.63. The summed E-state index contributed by atoms with van der Waals surface area (Å²) in [7, 11) is 0. The lowest BCUT2D eigenvalue weighted by molar-refractivity contribution is 1.18. The lowest BCUT2D eigenvalue weighted by Gasteiger charge is -2.12. The van der Waals surface area contributed by atoms with Crippen LogP contribution in [0, 0.1) is 0 Å². The Kier molecular flexibility index (Phi) is 7.53. The Morgan fingerprint density at radius 3 is 1.29 bits per heavy atom. The number of nitrogens with zero attached hydrogens (tertiary/aromatic N) is 2. The average Bonchev–Trinajstić information content (AvgIpc) is 3.79. The number of aromatic nitrogens is 2. The van der Waals surface area contributed by atoms with Crippen LogP contribution in [0.1, 0.15) is 0 Å². The molecule has 262 valence electrons. The third-order valence-corrected chi connectivity index (χ3v) is 11.3. The molecule has 0 unspecified atom stereocenters. The van der Waals surface area contributed by atoms with Crippen molar-refractivity contribution in [1.29, 1.82) is 0 Å². The molecule has 11 aromatic rings. The molecule has 2 aromatic heterocycles. The predicted molar refractivity (Wildman–Crippen MR) is 237 cm³/mol. The third kappa shape index (κ3) is 5.34. The van der Waals surface area contributed by atoms with Crippen LogP contribution in [0.5, 0.6) is 0 Å². The van der Waals surface area contributed by atoms with Crippen molar-refractivity contribution in [1.82, 2.24) is 9.13 Å². The van der Waals surface area contributed by atoms with Crippen molar-refractivity contribution in [3.63, 3.8) is 0 Å². The number of benzene rings is 9. The van der Waals surface area contributed by atoms with Gasteiger partial charge in [-0.3, -0.25) is 0 Å². The van der Waals surface area contributed by atoms with Crippen molar-refractivity contribution in [3.05, 3.63) is 218 Å². The Labute approximate surface area is 325 Å². The van der Waals surface area contributed by atoms with Gasteiger partial charge in [0, 0.05) is 32.9 Å². The standard InChI is InChI=1S/C54H36N2/c1-4-14-37(15-5-1)39-18-12-19-40(32-39)41-20-13-23-46(33-41)56-51-25-11-10-24-47(51)48-29-26-44(36-54(48)56)43-28-31-53-50(35-43)49-34-42(38-16-6-2-7-17-38)27-30-52(49)55(53)45-21-8-3-9-22-45/h1-36H. The largest absolute Gasteiger partial charge is 0.309 e. The zero-order valence-electron chi connectivity index (χ0n) is 30.7. The van der Waals surface area contributed by atoms with Gasteiger partial charge < -0.3 is 9.13 Å². The topological polar surface area (TPSA) is 9.86 Å². The van der Waals surface area contributed by atoms with Crippen LogP contribution in [0.15, 0.2) is 218 Å². The van der Waals surface area contributed by atoms with Crippen molar-refractivity contribution in [2.75, 3.05) is 0 Å². The highest BCUT2D eigenvalue weighted by molar-refractivity contribution is 6.13. The maximum atomic E-state index is 2.44. The van der Waals surface area contributed by atoms with Gasteiger partial charge in [0.1, 0.15) is 0 Å². The van der Waals surface area contributed by atoms with E-state index in [0.717, 1.165) is 11.4 Å². The Morgan fingerprint density at radius 1 is 0.196 bits per heavy atom. The molecule has 0 saturated heterocycles. The molecule has 2 heteroatoms. The molecule has 0 N–H and O–H groups in total. The second kappa shape index (κ2) is 13.2. The van der Waals surface area contributed by atoms with Crippen molar-refractivity contribution in [2.45, 2.75) is 0 Å². The molecule has 2 nitrogen and oxygen atoms in total. The summed E-state index contributed by atoms with van der Waals surface area (Å²) >= 11 is 0. The lowest BCUT2D eigenvalue weighted by atomic mass is 9.98. The quantitative estimate of drug-likeness (QED) is 0.162. The first-order valence-electron chi connectivity index (χ1n) is 19.3. The second-order valence-electron chi connectivity index (χ2n) is 14.6. The van der Waals surface area contributed by atoms with Gasteiger partial charge >= 0.3 is 0 Å². The van der Waals surface area contributed by atoms with Gasteiger partial charge in [-0.25, -0.2) is 0 Å². The zero-order valence-corrected chi connectivity index (χ0v) is 30.7. The summed E-state index contributed by atoms with van der Waals surface area (Å²) in [6, 6.07) is 79.4. The van der Waals surface area contributed by atoms with Gasteiger partial charge in [-0.2, -0.15) is 0 Å². The maximum Gasteiger partial charge on any atom is 0.0547 e. The van der Waals surface area contributed by atoms with Gasteiger partial charge in [0.15, 0.2) is 0 Å². The van der Waals surface area contributed by atoms with Crippen LogP contribution in [-0.4, -0.2) is 9.13 Å². The molecule has 0 amide bonds. The molecule has 0 spiro atoms. The summed E-state index contributed by atoms with van der Waals surface area (Å²) in [6.07, 6.45) is 0. The SMILES string of the molecule is c1ccc(-c2cccc(-c3cccc(-n4c5ccccc5c5ccc(-c6ccc7c(c6)c6cc(-c8ccccc8)ccc6n7-c6ccccc6)cc54)c3)c2)cc1. The highest BCUT2D eigenvalue weighted by atomic mass is 15.0. The minimum atomic E-state index is 1.14. The summed E-state index contributed by atoms with van der Waals surface area (Å²) in [5.41, 5.74) is 16.7. The van der Waals surface area contributed by atoms with Crippen LogP contribution < -0.4 is 0 Å². The molecule has 0 saturated carbocycles. The van der Waals surface area contributed by atoms with Gasteiger partial charge in [0.2, 0.25) is 0 Å². The van der Waals surface area contributed by atoms with Crippen LogP contribution >= 0.6 is 0 Å². The minimum Gasteiger partial charge on any atom is -0.309 e. The zero-order chi connectivity index (χ0) is 37.0. The fraction of sp³-hybridized carbons (Fsp3) is 0. The van der Waals surface area contributed by atoms with Gasteiger partial charge in [0.25, 0.3) is 0 Å². The van der Waals surface area contributed by atoms with E-state index in [9.17, 15) is 0 Å². The van der Waals surface area contributed by atoms with Crippen LogP contribution in [0.3, 0.4) is 0 Å². The molecule has 9 aromatic carbocycles. The molecule has 2 heterocycles. The summed E-state index contributed by atoms with van der Waals surface area (Å²) in [6.45, 7) is 0. The van der Waals surface area contributed by atoms with Crippen LogP contribution in [0.25, 0.3) is 99.5 Å². The summed E-state index contributed by atoms with van der Waals surface area (Å²) in [5, 5.41) is 4.98. The van der Waals surface area contributed by atoms with Gasteiger partial charge in [0.05, 0.1) is 22.1 Å². The maximum absolute atomic E-state index is 2.44. The molecule has 0 fully saturated rings. The number of hydrogen-bond donors (Lipinski definition) is 0. The van der Waals surface area contributed by atoms with Crippen LogP contribution in [0.2, 0.25) is 0 Å². The molecular formula is C54H36N2. The molecule has 56 heavy (non-hydrogen) atoms. The molecule has 0 aliphatic carbocycles. The normalized spacial score (nSPS) is 11.6. The number of hydrogen-bond acceptors (Lipinski definition) is 0. The van der Waals surface area contributed by atoms with Gasteiger partial charge in [-0.05, 0) is 111 Å². The molecule has 0 atom stereocenters. The number of fused-ring (bicyclic) bond motifs is 6. The van der Waals surface area contributed by atoms with Crippen molar-refractivity contribution >= 4 is 43.6 Å². The monoisotopic (exact) mass is 712 g/mol. The van der Waals surface area contributed by atoms with Crippen LogP contribution in [0.4, 0.5) is 0 Å². The molecule has 0 radical (unpaired) electrons. The van der Waals surface area contributed by atoms with Gasteiger partial charge in [-0.1, -0.05) is 152 Å². The van der Waals surface area contributed by atoms with Crippen molar-refractivity contribution in [3.8, 4) is 55.9 Å². The number of rotatable bonds is 6. The number of para-hydroxylation sites is 2. The van der Waals surface area contributed by atoms with E-state index in [1.165, 1.54) is 88.1 Å². The molecule has 0 bridgehead atoms. The van der Waals surface area contributed by atoms with E-state index in [4.69, 9.17) is 0 Å². The molecular weight excluding hydrogens is 677 g/mol. The highest BCUT2D eigenvalue weighted by Crippen LogP contribution is 2.40. The van der Waals surface area contributed by atoms with E-state index in [0.29, 0.717) is 0 Å². The molecule has 11 rings (SSSR count). The summed E-state index contributed by atoms with van der Waals surface area (Å²) in [4.78, 5) is 0. The van der Waals surface area contributed by atoms with E-state index in [1.54, 1.807) is 0 Å². The third-order valence-electron chi connectivity index (χ3n) is 11.3. The van der Waals surface area contributed by atoms with Gasteiger partial charge in [-0.15, -0.1) is 0 Å².